The lowest BCUT2D eigenvalue weighted by molar-refractivity contribution is -0.120. The number of amides is 2. The highest BCUT2D eigenvalue weighted by Crippen LogP contribution is 2.18. The standard InChI is InChI=1S/C18H18FN3O4S/c19-12-3-1-2-11(8-12)17(25)21-14-5-4-13(26-15(14)10-23)9-16(24)22-18-20-6-7-27-18/h1-8,13-15,23H,9-10H2,(H,21,25)(H,20,22,24)/t13-,14+,15+/m1/s1. The number of benzene rings is 1. The van der Waals surface area contributed by atoms with Crippen LogP contribution in [0, 0.1) is 5.82 Å². The fraction of sp³-hybridized carbons (Fsp3) is 0.278. The maximum atomic E-state index is 13.3. The highest BCUT2D eigenvalue weighted by atomic mass is 32.1. The van der Waals surface area contributed by atoms with E-state index in [1.165, 1.54) is 29.5 Å². The van der Waals surface area contributed by atoms with Gasteiger partial charge in [0.1, 0.15) is 11.9 Å². The molecule has 0 fully saturated rings. The number of thiazole rings is 1. The Balaban J connectivity index is 1.59. The van der Waals surface area contributed by atoms with E-state index < -0.39 is 30.0 Å². The lowest BCUT2D eigenvalue weighted by Gasteiger charge is -2.31. The minimum Gasteiger partial charge on any atom is -0.394 e. The van der Waals surface area contributed by atoms with Crippen LogP contribution in [0.5, 0.6) is 0 Å². The number of ether oxygens (including phenoxy) is 1. The summed E-state index contributed by atoms with van der Waals surface area (Å²) in [5.41, 5.74) is 0.171. The van der Waals surface area contributed by atoms with E-state index in [9.17, 15) is 19.1 Å². The summed E-state index contributed by atoms with van der Waals surface area (Å²) in [6.07, 6.45) is 3.71. The molecule has 0 saturated carbocycles. The number of rotatable bonds is 6. The lowest BCUT2D eigenvalue weighted by Crippen LogP contribution is -2.48. The number of anilines is 1. The Bertz CT molecular complexity index is 828. The van der Waals surface area contributed by atoms with Crippen molar-refractivity contribution < 1.29 is 23.8 Å². The molecule has 3 N–H and O–H groups in total. The molecular formula is C18H18FN3O4S. The number of hydrogen-bond donors (Lipinski definition) is 3. The first-order valence-electron chi connectivity index (χ1n) is 8.25. The molecule has 0 aliphatic carbocycles. The van der Waals surface area contributed by atoms with Crippen LogP contribution >= 0.6 is 11.3 Å². The van der Waals surface area contributed by atoms with E-state index in [1.807, 2.05) is 0 Å². The van der Waals surface area contributed by atoms with E-state index in [0.29, 0.717) is 5.13 Å². The van der Waals surface area contributed by atoms with E-state index in [4.69, 9.17) is 4.74 Å². The van der Waals surface area contributed by atoms with Crippen molar-refractivity contribution in [3.63, 3.8) is 0 Å². The molecule has 27 heavy (non-hydrogen) atoms. The molecule has 0 radical (unpaired) electrons. The van der Waals surface area contributed by atoms with Crippen LogP contribution in [0.3, 0.4) is 0 Å². The van der Waals surface area contributed by atoms with Crippen LogP contribution in [0.25, 0.3) is 0 Å². The van der Waals surface area contributed by atoms with Gasteiger partial charge in [-0.15, -0.1) is 11.3 Å². The first kappa shape index (κ1) is 19.2. The fourth-order valence-corrected chi connectivity index (χ4v) is 3.18. The Labute approximate surface area is 158 Å². The molecule has 1 aliphatic rings. The Morgan fingerprint density at radius 3 is 2.89 bits per heavy atom. The number of nitrogens with one attached hydrogen (secondary N) is 2. The molecule has 0 unspecified atom stereocenters. The van der Waals surface area contributed by atoms with Crippen LogP contribution in [-0.4, -0.2) is 46.8 Å². The van der Waals surface area contributed by atoms with Gasteiger partial charge in [-0.05, 0) is 18.2 Å². The van der Waals surface area contributed by atoms with Crippen LogP contribution in [0.2, 0.25) is 0 Å². The van der Waals surface area contributed by atoms with E-state index >= 15 is 0 Å². The highest BCUT2D eigenvalue weighted by Gasteiger charge is 2.29. The second-order valence-corrected chi connectivity index (χ2v) is 6.77. The smallest absolute Gasteiger partial charge is 0.251 e. The molecule has 9 heteroatoms. The average Bonchev–Trinajstić information content (AvgIpc) is 3.15. The molecule has 7 nitrogen and oxygen atoms in total. The number of hydrogen-bond acceptors (Lipinski definition) is 6. The molecule has 142 valence electrons. The van der Waals surface area contributed by atoms with Gasteiger partial charge in [0.25, 0.3) is 5.91 Å². The van der Waals surface area contributed by atoms with Gasteiger partial charge in [0, 0.05) is 17.1 Å². The molecule has 1 aromatic heterocycles. The van der Waals surface area contributed by atoms with Gasteiger partial charge in [-0.25, -0.2) is 9.37 Å². The normalized spacial score (nSPS) is 21.6. The minimum absolute atomic E-state index is 0.0527. The Hall–Kier alpha value is -2.62. The topological polar surface area (TPSA) is 101 Å². The van der Waals surface area contributed by atoms with Crippen LogP contribution in [0.4, 0.5) is 9.52 Å². The van der Waals surface area contributed by atoms with Crippen molar-refractivity contribution in [2.75, 3.05) is 11.9 Å². The summed E-state index contributed by atoms with van der Waals surface area (Å²) in [6.45, 7) is -0.344. The highest BCUT2D eigenvalue weighted by molar-refractivity contribution is 7.13. The summed E-state index contributed by atoms with van der Waals surface area (Å²) in [5.74, 6) is -1.26. The minimum atomic E-state index is -0.717. The van der Waals surface area contributed by atoms with Gasteiger partial charge in [0.2, 0.25) is 5.91 Å². The quantitative estimate of drug-likeness (QED) is 0.651. The first-order chi connectivity index (χ1) is 13.0. The number of carbonyl (C=O) groups is 2. The Morgan fingerprint density at radius 1 is 1.33 bits per heavy atom. The zero-order valence-corrected chi connectivity index (χ0v) is 15.0. The largest absolute Gasteiger partial charge is 0.394 e. The third-order valence-corrected chi connectivity index (χ3v) is 4.60. The zero-order valence-electron chi connectivity index (χ0n) is 14.2. The van der Waals surface area contributed by atoms with E-state index in [1.54, 1.807) is 23.7 Å². The predicted molar refractivity (Wildman–Crippen MR) is 97.9 cm³/mol. The number of aliphatic hydroxyl groups is 1. The van der Waals surface area contributed by atoms with Crippen molar-refractivity contribution in [1.82, 2.24) is 10.3 Å². The summed E-state index contributed by atoms with van der Waals surface area (Å²) >= 11 is 1.31. The third-order valence-electron chi connectivity index (χ3n) is 3.91. The average molecular weight is 391 g/mol. The molecule has 2 heterocycles. The van der Waals surface area contributed by atoms with Gasteiger partial charge in [0.05, 0.1) is 25.2 Å². The second kappa shape index (κ2) is 8.85. The molecule has 1 aliphatic heterocycles. The Kier molecular flexibility index (Phi) is 6.28. The van der Waals surface area contributed by atoms with E-state index in [-0.39, 0.29) is 24.5 Å². The fourth-order valence-electron chi connectivity index (χ4n) is 2.64. The van der Waals surface area contributed by atoms with E-state index in [0.717, 1.165) is 6.07 Å². The van der Waals surface area contributed by atoms with Gasteiger partial charge in [0.15, 0.2) is 5.13 Å². The molecule has 3 rings (SSSR count). The van der Waals surface area contributed by atoms with Gasteiger partial charge in [-0.2, -0.15) is 0 Å². The molecule has 2 aromatic rings. The van der Waals surface area contributed by atoms with Gasteiger partial charge >= 0.3 is 0 Å². The third kappa shape index (κ3) is 5.19. The predicted octanol–water partition coefficient (Wildman–Crippen LogP) is 1.73. The van der Waals surface area contributed by atoms with Gasteiger partial charge in [-0.1, -0.05) is 18.2 Å². The first-order valence-corrected chi connectivity index (χ1v) is 9.13. The van der Waals surface area contributed by atoms with Gasteiger partial charge < -0.3 is 20.5 Å². The summed E-state index contributed by atoms with van der Waals surface area (Å²) in [5, 5.41) is 17.2. The SMILES string of the molecule is O=C(C[C@H]1C=C[C@H](NC(=O)c2cccc(F)c2)[C@H](CO)O1)Nc1nccs1. The summed E-state index contributed by atoms with van der Waals surface area (Å²) < 4.78 is 19.0. The molecular weight excluding hydrogens is 373 g/mol. The van der Waals surface area contributed by atoms with Crippen LogP contribution in [0.1, 0.15) is 16.8 Å². The van der Waals surface area contributed by atoms with Crippen LogP contribution in [-0.2, 0) is 9.53 Å². The lowest BCUT2D eigenvalue weighted by atomic mass is 10.0. The van der Waals surface area contributed by atoms with Crippen molar-refractivity contribution >= 4 is 28.3 Å². The van der Waals surface area contributed by atoms with Crippen LogP contribution < -0.4 is 10.6 Å². The van der Waals surface area contributed by atoms with Crippen molar-refractivity contribution in [3.8, 4) is 0 Å². The molecule has 2 amide bonds. The number of halogens is 1. The zero-order chi connectivity index (χ0) is 19.2. The maximum Gasteiger partial charge on any atom is 0.251 e. The monoisotopic (exact) mass is 391 g/mol. The van der Waals surface area contributed by atoms with Gasteiger partial charge in [-0.3, -0.25) is 9.59 Å². The number of aromatic nitrogens is 1. The maximum absolute atomic E-state index is 13.3. The van der Waals surface area contributed by atoms with Crippen molar-refractivity contribution in [2.45, 2.75) is 24.7 Å². The van der Waals surface area contributed by atoms with Crippen molar-refractivity contribution in [3.05, 3.63) is 59.4 Å². The molecule has 1 aromatic carbocycles. The Morgan fingerprint density at radius 2 is 2.19 bits per heavy atom. The van der Waals surface area contributed by atoms with Crippen molar-refractivity contribution in [2.24, 2.45) is 0 Å². The molecule has 0 saturated heterocycles. The second-order valence-electron chi connectivity index (χ2n) is 5.88. The summed E-state index contributed by atoms with van der Waals surface area (Å²) in [7, 11) is 0. The summed E-state index contributed by atoms with van der Waals surface area (Å²) in [4.78, 5) is 28.2. The number of carbonyl (C=O) groups excluding carboxylic acids is 2. The number of aliphatic hydroxyl groups excluding tert-OH is 1. The molecule has 0 bridgehead atoms. The molecule has 3 atom stereocenters. The number of nitrogens with zero attached hydrogens (tertiary/aromatic N) is 1. The summed E-state index contributed by atoms with van der Waals surface area (Å²) in [6, 6.07) is 4.72. The van der Waals surface area contributed by atoms with E-state index in [2.05, 4.69) is 15.6 Å². The molecule has 0 spiro atoms. The van der Waals surface area contributed by atoms with Crippen molar-refractivity contribution in [1.29, 1.82) is 0 Å². The van der Waals surface area contributed by atoms with Crippen LogP contribution in [0.15, 0.2) is 48.0 Å².